The van der Waals surface area contributed by atoms with Crippen molar-refractivity contribution in [1.82, 2.24) is 9.99 Å². The first-order chi connectivity index (χ1) is 16.6. The second-order valence-corrected chi connectivity index (χ2v) is 8.46. The number of nitrogens with zero attached hydrogens (tertiary/aromatic N) is 2. The zero-order valence-electron chi connectivity index (χ0n) is 19.3. The van der Waals surface area contributed by atoms with E-state index in [1.54, 1.807) is 18.2 Å². The van der Waals surface area contributed by atoms with Crippen LogP contribution in [0, 0.1) is 5.92 Å². The molecular weight excluding hydrogens is 462 g/mol. The largest absolute Gasteiger partial charge is 0.493 e. The van der Waals surface area contributed by atoms with Crippen LogP contribution in [-0.4, -0.2) is 23.0 Å². The number of halogens is 1. The van der Waals surface area contributed by atoms with E-state index in [0.29, 0.717) is 12.3 Å². The van der Waals surface area contributed by atoms with E-state index >= 15 is 0 Å². The van der Waals surface area contributed by atoms with Crippen molar-refractivity contribution >= 4 is 46.9 Å². The van der Waals surface area contributed by atoms with Gasteiger partial charge in [-0.15, -0.1) is 12.4 Å². The topological polar surface area (TPSA) is 63.6 Å². The first-order valence-electron chi connectivity index (χ1n) is 11.3. The molecule has 2 amide bonds. The minimum Gasteiger partial charge on any atom is -0.493 e. The summed E-state index contributed by atoms with van der Waals surface area (Å²) >= 11 is 0. The van der Waals surface area contributed by atoms with Gasteiger partial charge in [0.15, 0.2) is 0 Å². The molecule has 6 nitrogen and oxygen atoms in total. The fourth-order valence-corrected chi connectivity index (χ4v) is 4.16. The average molecular weight is 488 g/mol. The fraction of sp³-hybridized carbons (Fsp3) is 0.143. The minimum absolute atomic E-state index is 0. The first kappa shape index (κ1) is 24.1. The number of hydrazine groups is 1. The van der Waals surface area contributed by atoms with E-state index in [9.17, 15) is 9.59 Å². The number of ether oxygens (including phenoxy) is 1. The minimum atomic E-state index is -0.407. The summed E-state index contributed by atoms with van der Waals surface area (Å²) in [5.41, 5.74) is 5.29. The maximum atomic E-state index is 13.0. The van der Waals surface area contributed by atoms with Gasteiger partial charge in [0.1, 0.15) is 11.3 Å². The highest BCUT2D eigenvalue weighted by atomic mass is 35.5. The van der Waals surface area contributed by atoms with Gasteiger partial charge in [-0.2, -0.15) is 0 Å². The molecule has 1 aliphatic heterocycles. The van der Waals surface area contributed by atoms with E-state index in [1.807, 2.05) is 72.9 Å². The molecule has 7 heteroatoms. The number of carbonyl (C=O) groups is 2. The van der Waals surface area contributed by atoms with Gasteiger partial charge in [0, 0.05) is 35.1 Å². The highest BCUT2D eigenvalue weighted by Gasteiger charge is 2.34. The van der Waals surface area contributed by atoms with E-state index in [2.05, 4.69) is 23.0 Å². The van der Waals surface area contributed by atoms with Gasteiger partial charge in [-0.1, -0.05) is 61.5 Å². The molecule has 1 N–H and O–H groups in total. The number of aromatic nitrogens is 1. The number of anilines is 1. The molecule has 0 spiro atoms. The van der Waals surface area contributed by atoms with Crippen molar-refractivity contribution in [2.24, 2.45) is 5.92 Å². The van der Waals surface area contributed by atoms with E-state index in [1.165, 1.54) is 5.01 Å². The van der Waals surface area contributed by atoms with Crippen LogP contribution in [-0.2, 0) is 16.1 Å². The normalized spacial score (nSPS) is 15.2. The number of carbonyl (C=O) groups excluding carboxylic acids is 2. The van der Waals surface area contributed by atoms with Crippen LogP contribution in [0.1, 0.15) is 12.5 Å². The summed E-state index contributed by atoms with van der Waals surface area (Å²) in [6.07, 6.45) is 3.69. The van der Waals surface area contributed by atoms with Crippen LogP contribution < -0.4 is 15.2 Å². The lowest BCUT2D eigenvalue weighted by molar-refractivity contribution is -0.117. The van der Waals surface area contributed by atoms with Gasteiger partial charge < -0.3 is 9.30 Å². The quantitative estimate of drug-likeness (QED) is 0.286. The molecular formula is C28H26ClN3O3. The Bertz CT molecular complexity index is 1370. The molecule has 1 fully saturated rings. The average Bonchev–Trinajstić information content (AvgIpc) is 3.36. The molecule has 5 rings (SSSR count). The van der Waals surface area contributed by atoms with Gasteiger partial charge in [-0.3, -0.25) is 15.0 Å². The molecule has 4 aromatic rings. The van der Waals surface area contributed by atoms with Crippen molar-refractivity contribution in [3.63, 3.8) is 0 Å². The van der Waals surface area contributed by atoms with Crippen molar-refractivity contribution in [3.05, 3.63) is 102 Å². The van der Waals surface area contributed by atoms with E-state index in [-0.39, 0.29) is 29.8 Å². The molecule has 0 radical (unpaired) electrons. The van der Waals surface area contributed by atoms with Crippen LogP contribution in [0.25, 0.3) is 17.0 Å². The Morgan fingerprint density at radius 3 is 2.31 bits per heavy atom. The summed E-state index contributed by atoms with van der Waals surface area (Å²) in [6.45, 7) is 3.47. The number of hydrogen-bond donors (Lipinski definition) is 1. The molecule has 1 saturated heterocycles. The Morgan fingerprint density at radius 1 is 0.914 bits per heavy atom. The summed E-state index contributed by atoms with van der Waals surface area (Å²) in [6, 6.07) is 26.9. The Kier molecular flexibility index (Phi) is 7.22. The maximum absolute atomic E-state index is 13.0. The van der Waals surface area contributed by atoms with Crippen molar-refractivity contribution in [2.45, 2.75) is 13.5 Å². The smallest absolute Gasteiger partial charge is 0.282 e. The first-order valence-corrected chi connectivity index (χ1v) is 11.3. The Labute approximate surface area is 210 Å². The second kappa shape index (κ2) is 10.5. The van der Waals surface area contributed by atoms with Crippen molar-refractivity contribution in [2.75, 3.05) is 11.6 Å². The highest BCUT2D eigenvalue weighted by Crippen LogP contribution is 2.27. The van der Waals surface area contributed by atoms with Crippen molar-refractivity contribution < 1.29 is 14.3 Å². The lowest BCUT2D eigenvalue weighted by Crippen LogP contribution is -2.35. The van der Waals surface area contributed by atoms with Crippen LogP contribution in [0.4, 0.5) is 5.69 Å². The summed E-state index contributed by atoms with van der Waals surface area (Å²) in [4.78, 5) is 25.7. The number of benzene rings is 3. The lowest BCUT2D eigenvalue weighted by atomic mass is 10.1. The number of nitrogens with one attached hydrogen (secondary N) is 1. The maximum Gasteiger partial charge on any atom is 0.282 e. The van der Waals surface area contributed by atoms with Gasteiger partial charge in [0.05, 0.1) is 12.3 Å². The van der Waals surface area contributed by atoms with Gasteiger partial charge in [0.25, 0.3) is 11.8 Å². The molecule has 1 unspecified atom stereocenters. The Hall–Kier alpha value is -4.03. The third-order valence-electron chi connectivity index (χ3n) is 5.81. The second-order valence-electron chi connectivity index (χ2n) is 8.46. The molecule has 1 aliphatic rings. The van der Waals surface area contributed by atoms with Gasteiger partial charge in [-0.05, 0) is 36.4 Å². The molecule has 0 aliphatic carbocycles. The van der Waals surface area contributed by atoms with Crippen LogP contribution in [0.3, 0.4) is 0 Å². The summed E-state index contributed by atoms with van der Waals surface area (Å²) in [5, 5.41) is 2.28. The number of rotatable bonds is 7. The zero-order valence-corrected chi connectivity index (χ0v) is 20.1. The van der Waals surface area contributed by atoms with Gasteiger partial charge in [-0.25, -0.2) is 5.01 Å². The van der Waals surface area contributed by atoms with Crippen LogP contribution in [0.15, 0.2) is 96.7 Å². The summed E-state index contributed by atoms with van der Waals surface area (Å²) in [7, 11) is 0. The molecule has 1 aromatic heterocycles. The molecule has 0 bridgehead atoms. The van der Waals surface area contributed by atoms with Crippen molar-refractivity contribution in [1.29, 1.82) is 0 Å². The lowest BCUT2D eigenvalue weighted by Gasteiger charge is -2.15. The van der Waals surface area contributed by atoms with Crippen molar-refractivity contribution in [3.8, 4) is 5.75 Å². The van der Waals surface area contributed by atoms with Gasteiger partial charge >= 0.3 is 0 Å². The van der Waals surface area contributed by atoms with Gasteiger partial charge in [0.2, 0.25) is 0 Å². The number of amides is 2. The SMILES string of the molecule is CC(COc1ccccc1)Cn1cc(/C=C2\C(=O)NN(c3ccccc3)C2=O)c2ccccc21.Cl. The Balaban J connectivity index is 0.00000289. The molecule has 35 heavy (non-hydrogen) atoms. The van der Waals surface area contributed by atoms with Crippen LogP contribution in [0.2, 0.25) is 0 Å². The predicted octanol–water partition coefficient (Wildman–Crippen LogP) is 5.24. The molecule has 2 heterocycles. The predicted molar refractivity (Wildman–Crippen MR) is 140 cm³/mol. The number of para-hydroxylation sites is 3. The third kappa shape index (κ3) is 5.08. The molecule has 178 valence electrons. The molecule has 3 aromatic carbocycles. The molecule has 1 atom stereocenters. The van der Waals surface area contributed by atoms with Crippen LogP contribution >= 0.6 is 12.4 Å². The summed E-state index contributed by atoms with van der Waals surface area (Å²) < 4.78 is 8.08. The van der Waals surface area contributed by atoms with Crippen LogP contribution in [0.5, 0.6) is 5.75 Å². The number of fused-ring (bicyclic) bond motifs is 1. The van der Waals surface area contributed by atoms with E-state index < -0.39 is 5.91 Å². The summed E-state index contributed by atoms with van der Waals surface area (Å²) in [5.74, 6) is 0.334. The monoisotopic (exact) mass is 487 g/mol. The number of hydrogen-bond acceptors (Lipinski definition) is 3. The van der Waals surface area contributed by atoms with E-state index in [4.69, 9.17) is 4.74 Å². The Morgan fingerprint density at radius 2 is 1.57 bits per heavy atom. The highest BCUT2D eigenvalue weighted by molar-refractivity contribution is 6.32. The zero-order chi connectivity index (χ0) is 23.5. The molecule has 0 saturated carbocycles. The third-order valence-corrected chi connectivity index (χ3v) is 5.81. The van der Waals surface area contributed by atoms with E-state index in [0.717, 1.165) is 28.8 Å². The fourth-order valence-electron chi connectivity index (χ4n) is 4.16. The standard InChI is InChI=1S/C28H25N3O3.ClH/c1-20(19-34-23-12-6-3-7-13-23)17-30-18-21(24-14-8-9-15-26(24)30)16-25-27(32)29-31(28(25)33)22-10-4-2-5-11-22;/h2-16,18,20H,17,19H2,1H3,(H,29,32);1H/b25-16+;.